The fourth-order valence-corrected chi connectivity index (χ4v) is 2.90. The van der Waals surface area contributed by atoms with E-state index in [0.29, 0.717) is 13.0 Å². The van der Waals surface area contributed by atoms with Crippen LogP contribution in [0.3, 0.4) is 0 Å². The number of hydrogen-bond donors (Lipinski definition) is 0. The molecule has 19 heavy (non-hydrogen) atoms. The first kappa shape index (κ1) is 14.2. The van der Waals surface area contributed by atoms with Crippen LogP contribution in [0.4, 0.5) is 0 Å². The summed E-state index contributed by atoms with van der Waals surface area (Å²) in [6.45, 7) is 6.43. The van der Waals surface area contributed by atoms with E-state index in [9.17, 15) is 4.79 Å². The first-order valence-corrected chi connectivity index (χ1v) is 7.24. The van der Waals surface area contributed by atoms with Gasteiger partial charge in [0, 0.05) is 12.8 Å². The summed E-state index contributed by atoms with van der Waals surface area (Å²) in [6, 6.07) is 4.04. The van der Waals surface area contributed by atoms with E-state index in [1.165, 1.54) is 5.56 Å². The van der Waals surface area contributed by atoms with Crippen molar-refractivity contribution in [2.24, 2.45) is 0 Å². The van der Waals surface area contributed by atoms with Crippen LogP contribution < -0.4 is 0 Å². The van der Waals surface area contributed by atoms with Gasteiger partial charge in [0.15, 0.2) is 5.78 Å². The maximum absolute atomic E-state index is 12.8. The van der Waals surface area contributed by atoms with E-state index < -0.39 is 5.60 Å². The fraction of sp³-hybridized carbons (Fsp3) is 0.625. The highest BCUT2D eigenvalue weighted by Crippen LogP contribution is 2.35. The van der Waals surface area contributed by atoms with Crippen molar-refractivity contribution in [3.05, 3.63) is 29.6 Å². The standard InChI is InChI=1S/C16H23NO2/c1-4-16(3,19-5-2)15(18)13-10-6-8-12-9-7-11-17-14(12)13/h7,9,11,13H,4-6,8,10H2,1-3H3. The van der Waals surface area contributed by atoms with Crippen LogP contribution >= 0.6 is 0 Å². The van der Waals surface area contributed by atoms with Gasteiger partial charge in [-0.2, -0.15) is 0 Å². The van der Waals surface area contributed by atoms with Gasteiger partial charge >= 0.3 is 0 Å². The van der Waals surface area contributed by atoms with Crippen molar-refractivity contribution in [2.45, 2.75) is 58.0 Å². The van der Waals surface area contributed by atoms with Gasteiger partial charge in [0.25, 0.3) is 0 Å². The van der Waals surface area contributed by atoms with Crippen LogP contribution in [0.5, 0.6) is 0 Å². The number of pyridine rings is 1. The summed E-state index contributed by atoms with van der Waals surface area (Å²) in [5.41, 5.74) is 1.52. The smallest absolute Gasteiger partial charge is 0.173 e. The number of nitrogens with zero attached hydrogens (tertiary/aromatic N) is 1. The average Bonchev–Trinajstić information content (AvgIpc) is 2.46. The summed E-state index contributed by atoms with van der Waals surface area (Å²) in [7, 11) is 0. The number of aromatic nitrogens is 1. The van der Waals surface area contributed by atoms with Crippen molar-refractivity contribution in [3.8, 4) is 0 Å². The molecule has 0 N–H and O–H groups in total. The molecule has 2 atom stereocenters. The Morgan fingerprint density at radius 2 is 2.32 bits per heavy atom. The van der Waals surface area contributed by atoms with Gasteiger partial charge in [0.05, 0.1) is 11.6 Å². The van der Waals surface area contributed by atoms with Crippen LogP contribution in [-0.2, 0) is 16.0 Å². The van der Waals surface area contributed by atoms with Gasteiger partial charge in [-0.25, -0.2) is 0 Å². The Morgan fingerprint density at radius 1 is 1.53 bits per heavy atom. The number of carbonyl (C=O) groups excluding carboxylic acids is 1. The number of rotatable bonds is 5. The lowest BCUT2D eigenvalue weighted by Crippen LogP contribution is -2.42. The number of aryl methyl sites for hydroxylation is 1. The lowest BCUT2D eigenvalue weighted by Gasteiger charge is -2.33. The zero-order valence-electron chi connectivity index (χ0n) is 12.1. The van der Waals surface area contributed by atoms with Crippen LogP contribution in [-0.4, -0.2) is 23.0 Å². The second kappa shape index (κ2) is 5.83. The van der Waals surface area contributed by atoms with Crippen molar-refractivity contribution in [1.82, 2.24) is 4.98 Å². The Bertz CT molecular complexity index is 458. The summed E-state index contributed by atoms with van der Waals surface area (Å²) >= 11 is 0. The number of fused-ring (bicyclic) bond motifs is 1. The second-order valence-corrected chi connectivity index (χ2v) is 5.37. The summed E-state index contributed by atoms with van der Waals surface area (Å²) < 4.78 is 5.73. The first-order valence-electron chi connectivity index (χ1n) is 7.24. The molecule has 3 nitrogen and oxygen atoms in total. The van der Waals surface area contributed by atoms with E-state index in [0.717, 1.165) is 25.0 Å². The van der Waals surface area contributed by atoms with E-state index in [1.54, 1.807) is 6.20 Å². The minimum Gasteiger partial charge on any atom is -0.368 e. The normalized spacial score (nSPS) is 21.5. The summed E-state index contributed by atoms with van der Waals surface area (Å²) in [6.07, 6.45) is 5.48. The molecule has 104 valence electrons. The monoisotopic (exact) mass is 261 g/mol. The largest absolute Gasteiger partial charge is 0.368 e. The molecule has 0 fully saturated rings. The Morgan fingerprint density at radius 3 is 3.00 bits per heavy atom. The highest BCUT2D eigenvalue weighted by Gasteiger charge is 2.39. The van der Waals surface area contributed by atoms with Gasteiger partial charge < -0.3 is 4.74 Å². The average molecular weight is 261 g/mol. The molecular weight excluding hydrogens is 238 g/mol. The number of ether oxygens (including phenoxy) is 1. The molecule has 0 saturated carbocycles. The molecule has 0 aliphatic heterocycles. The van der Waals surface area contributed by atoms with Crippen LogP contribution in [0.2, 0.25) is 0 Å². The molecule has 0 bridgehead atoms. The summed E-state index contributed by atoms with van der Waals surface area (Å²) in [5.74, 6) is 0.0953. The molecule has 1 aliphatic carbocycles. The highest BCUT2D eigenvalue weighted by molar-refractivity contribution is 5.93. The minimum atomic E-state index is -0.675. The molecule has 1 heterocycles. The molecule has 0 amide bonds. The predicted molar refractivity (Wildman–Crippen MR) is 75.2 cm³/mol. The Hall–Kier alpha value is -1.22. The summed E-state index contributed by atoms with van der Waals surface area (Å²) in [4.78, 5) is 17.3. The van der Waals surface area contributed by atoms with Crippen molar-refractivity contribution in [1.29, 1.82) is 0 Å². The maximum Gasteiger partial charge on any atom is 0.173 e. The zero-order chi connectivity index (χ0) is 13.9. The third kappa shape index (κ3) is 2.71. The summed E-state index contributed by atoms with van der Waals surface area (Å²) in [5, 5.41) is 0. The Labute approximate surface area is 115 Å². The lowest BCUT2D eigenvalue weighted by atomic mass is 9.78. The molecule has 1 aromatic heterocycles. The topological polar surface area (TPSA) is 39.2 Å². The minimum absolute atomic E-state index is 0.0959. The van der Waals surface area contributed by atoms with E-state index in [4.69, 9.17) is 4.74 Å². The molecule has 1 aromatic rings. The quantitative estimate of drug-likeness (QED) is 0.816. The fourth-order valence-electron chi connectivity index (χ4n) is 2.90. The maximum atomic E-state index is 12.8. The lowest BCUT2D eigenvalue weighted by molar-refractivity contribution is -0.144. The molecule has 2 unspecified atom stereocenters. The molecule has 0 aromatic carbocycles. The van der Waals surface area contributed by atoms with Gasteiger partial charge in [-0.1, -0.05) is 13.0 Å². The van der Waals surface area contributed by atoms with Crippen molar-refractivity contribution in [2.75, 3.05) is 6.61 Å². The number of carbonyl (C=O) groups is 1. The van der Waals surface area contributed by atoms with E-state index in [2.05, 4.69) is 11.1 Å². The number of hydrogen-bond acceptors (Lipinski definition) is 3. The molecule has 0 radical (unpaired) electrons. The van der Waals surface area contributed by atoms with E-state index in [1.807, 2.05) is 26.8 Å². The van der Waals surface area contributed by atoms with Crippen LogP contribution in [0.25, 0.3) is 0 Å². The predicted octanol–water partition coefficient (Wildman–Crippen LogP) is 3.28. The van der Waals surface area contributed by atoms with Crippen LogP contribution in [0.1, 0.15) is 57.2 Å². The SMILES string of the molecule is CCOC(C)(CC)C(=O)C1CCCc2cccnc21. The van der Waals surface area contributed by atoms with Crippen molar-refractivity contribution < 1.29 is 9.53 Å². The zero-order valence-corrected chi connectivity index (χ0v) is 12.1. The van der Waals surface area contributed by atoms with Crippen LogP contribution in [0, 0.1) is 0 Å². The van der Waals surface area contributed by atoms with Gasteiger partial charge in [0.1, 0.15) is 5.60 Å². The highest BCUT2D eigenvalue weighted by atomic mass is 16.5. The molecular formula is C16H23NO2. The number of ketones is 1. The Balaban J connectivity index is 2.30. The molecule has 0 spiro atoms. The van der Waals surface area contributed by atoms with Gasteiger partial charge in [-0.05, 0) is 51.2 Å². The number of Topliss-reactive ketones (excluding diaryl/α,β-unsaturated/α-hetero) is 1. The third-order valence-electron chi connectivity index (χ3n) is 4.17. The van der Waals surface area contributed by atoms with Crippen molar-refractivity contribution >= 4 is 5.78 Å². The van der Waals surface area contributed by atoms with Gasteiger partial charge in [-0.15, -0.1) is 0 Å². The Kier molecular flexibility index (Phi) is 4.35. The third-order valence-corrected chi connectivity index (χ3v) is 4.17. The van der Waals surface area contributed by atoms with E-state index >= 15 is 0 Å². The molecule has 1 aliphatic rings. The van der Waals surface area contributed by atoms with E-state index in [-0.39, 0.29) is 11.7 Å². The van der Waals surface area contributed by atoms with Crippen LogP contribution in [0.15, 0.2) is 18.3 Å². The molecule has 0 saturated heterocycles. The van der Waals surface area contributed by atoms with Gasteiger partial charge in [-0.3, -0.25) is 9.78 Å². The second-order valence-electron chi connectivity index (χ2n) is 5.37. The van der Waals surface area contributed by atoms with Gasteiger partial charge in [0.2, 0.25) is 0 Å². The first-order chi connectivity index (χ1) is 9.12. The molecule has 3 heteroatoms. The van der Waals surface area contributed by atoms with Crippen molar-refractivity contribution in [3.63, 3.8) is 0 Å². The molecule has 2 rings (SSSR count).